The van der Waals surface area contributed by atoms with Gasteiger partial charge in [0, 0.05) is 13.1 Å². The number of fused-ring (bicyclic) bond motifs is 1. The third-order valence-corrected chi connectivity index (χ3v) is 6.02. The van der Waals surface area contributed by atoms with E-state index < -0.39 is 6.04 Å². The molecule has 7 heteroatoms. The predicted octanol–water partition coefficient (Wildman–Crippen LogP) is 3.94. The summed E-state index contributed by atoms with van der Waals surface area (Å²) in [5.74, 6) is 1.03. The molecule has 4 rings (SSSR count). The summed E-state index contributed by atoms with van der Waals surface area (Å²) in [5, 5.41) is 3.02. The molecule has 1 unspecified atom stereocenters. The van der Waals surface area contributed by atoms with E-state index in [1.54, 1.807) is 25.3 Å². The summed E-state index contributed by atoms with van der Waals surface area (Å²) in [4.78, 5) is 32.8. The van der Waals surface area contributed by atoms with Gasteiger partial charge in [-0.3, -0.25) is 9.59 Å². The normalized spacial score (nSPS) is 15.2. The second-order valence-corrected chi connectivity index (χ2v) is 8.24. The van der Waals surface area contributed by atoms with Crippen LogP contribution in [0.15, 0.2) is 48.5 Å². The molecule has 1 N–H and O–H groups in total. The number of carbonyl (C=O) groups excluding carboxylic acids is 2. The molecule has 1 saturated heterocycles. The van der Waals surface area contributed by atoms with E-state index in [9.17, 15) is 9.59 Å². The Morgan fingerprint density at radius 3 is 2.47 bits per heavy atom. The Bertz CT molecular complexity index is 1100. The molecular weight excluding hydrogens is 404 g/mol. The van der Waals surface area contributed by atoms with Crippen molar-refractivity contribution in [1.29, 1.82) is 0 Å². The van der Waals surface area contributed by atoms with Gasteiger partial charge in [-0.05, 0) is 44.0 Å². The van der Waals surface area contributed by atoms with E-state index in [4.69, 9.17) is 9.72 Å². The van der Waals surface area contributed by atoms with Gasteiger partial charge in [-0.25, -0.2) is 4.98 Å². The Morgan fingerprint density at radius 1 is 1.03 bits per heavy atom. The number of carbonyl (C=O) groups is 2. The topological polar surface area (TPSA) is 76.5 Å². The highest BCUT2D eigenvalue weighted by atomic mass is 16.5. The summed E-state index contributed by atoms with van der Waals surface area (Å²) < 4.78 is 7.26. The fraction of sp³-hybridized carbons (Fsp3) is 0.400. The highest BCUT2D eigenvalue weighted by Gasteiger charge is 2.23. The molecule has 0 bridgehead atoms. The van der Waals surface area contributed by atoms with Crippen molar-refractivity contribution in [3.8, 4) is 5.75 Å². The zero-order valence-electron chi connectivity index (χ0n) is 18.7. The van der Waals surface area contributed by atoms with Crippen molar-refractivity contribution in [3.63, 3.8) is 0 Å². The number of rotatable bonds is 6. The van der Waals surface area contributed by atoms with Crippen LogP contribution in [0.2, 0.25) is 0 Å². The number of amides is 2. The first-order chi connectivity index (χ1) is 15.6. The monoisotopic (exact) mass is 434 g/mol. The van der Waals surface area contributed by atoms with Crippen molar-refractivity contribution in [3.05, 3.63) is 59.9 Å². The number of imidazole rings is 1. The number of nitrogens with one attached hydrogen (secondary N) is 1. The largest absolute Gasteiger partial charge is 0.496 e. The first-order valence-corrected chi connectivity index (χ1v) is 11.3. The van der Waals surface area contributed by atoms with Crippen molar-refractivity contribution < 1.29 is 14.3 Å². The van der Waals surface area contributed by atoms with E-state index in [1.807, 2.05) is 46.7 Å². The number of hydrogen-bond acceptors (Lipinski definition) is 4. The van der Waals surface area contributed by atoms with Crippen molar-refractivity contribution in [2.75, 3.05) is 20.2 Å². The van der Waals surface area contributed by atoms with E-state index in [1.165, 1.54) is 12.8 Å². The molecule has 0 spiro atoms. The molecule has 7 nitrogen and oxygen atoms in total. The Kier molecular flexibility index (Phi) is 6.73. The molecule has 0 saturated carbocycles. The van der Waals surface area contributed by atoms with Crippen molar-refractivity contribution in [1.82, 2.24) is 19.8 Å². The minimum absolute atomic E-state index is 0.0968. The molecule has 168 valence electrons. The SMILES string of the molecule is COc1ccccc1C(=O)NC(C)c1nc2ccccc2n1CC(=O)N1CCCCCC1. The van der Waals surface area contributed by atoms with Crippen LogP contribution in [0.4, 0.5) is 0 Å². The maximum absolute atomic E-state index is 13.1. The summed E-state index contributed by atoms with van der Waals surface area (Å²) in [6.07, 6.45) is 4.45. The van der Waals surface area contributed by atoms with Crippen LogP contribution >= 0.6 is 0 Å². The molecule has 1 aliphatic rings. The smallest absolute Gasteiger partial charge is 0.255 e. The standard InChI is InChI=1S/C25H30N4O3/c1-18(26-25(31)19-11-5-8-14-22(19)32-2)24-27-20-12-6-7-13-21(20)29(24)17-23(30)28-15-9-3-4-10-16-28/h5-8,11-14,18H,3-4,9-10,15-17H2,1-2H3,(H,26,31). The van der Waals surface area contributed by atoms with Crippen LogP contribution in [0.25, 0.3) is 11.0 Å². The van der Waals surface area contributed by atoms with Crippen LogP contribution in [-0.4, -0.2) is 46.5 Å². The molecular formula is C25H30N4O3. The number of hydrogen-bond donors (Lipinski definition) is 1. The van der Waals surface area contributed by atoms with Crippen molar-refractivity contribution in [2.24, 2.45) is 0 Å². The predicted molar refractivity (Wildman–Crippen MR) is 124 cm³/mol. The lowest BCUT2D eigenvalue weighted by Crippen LogP contribution is -2.36. The van der Waals surface area contributed by atoms with Crippen LogP contribution in [0.1, 0.15) is 54.8 Å². The second-order valence-electron chi connectivity index (χ2n) is 8.24. The van der Waals surface area contributed by atoms with Crippen LogP contribution < -0.4 is 10.1 Å². The molecule has 2 aromatic carbocycles. The lowest BCUT2D eigenvalue weighted by Gasteiger charge is -2.22. The van der Waals surface area contributed by atoms with E-state index in [0.717, 1.165) is 37.0 Å². The number of benzene rings is 2. The molecule has 3 aromatic rings. The molecule has 2 heterocycles. The van der Waals surface area contributed by atoms with E-state index in [-0.39, 0.29) is 18.4 Å². The summed E-state index contributed by atoms with van der Waals surface area (Å²) in [7, 11) is 1.55. The third kappa shape index (κ3) is 4.61. The number of ether oxygens (including phenoxy) is 1. The quantitative estimate of drug-likeness (QED) is 0.638. The molecule has 0 aliphatic carbocycles. The fourth-order valence-corrected chi connectivity index (χ4v) is 4.32. The van der Waals surface area contributed by atoms with Gasteiger partial charge >= 0.3 is 0 Å². The van der Waals surface area contributed by atoms with Crippen molar-refractivity contribution >= 4 is 22.8 Å². The Hall–Kier alpha value is -3.35. The average molecular weight is 435 g/mol. The van der Waals surface area contributed by atoms with E-state index in [2.05, 4.69) is 5.32 Å². The van der Waals surface area contributed by atoms with Crippen LogP contribution in [-0.2, 0) is 11.3 Å². The van der Waals surface area contributed by atoms with Gasteiger partial charge in [0.15, 0.2) is 0 Å². The molecule has 2 amide bonds. The number of likely N-dealkylation sites (tertiary alicyclic amines) is 1. The Balaban J connectivity index is 1.60. The molecule has 0 radical (unpaired) electrons. The Labute approximate surface area is 188 Å². The van der Waals surface area contributed by atoms with Crippen LogP contribution in [0, 0.1) is 0 Å². The maximum atomic E-state index is 13.1. The molecule has 1 aliphatic heterocycles. The number of methoxy groups -OCH3 is 1. The maximum Gasteiger partial charge on any atom is 0.255 e. The van der Waals surface area contributed by atoms with Gasteiger partial charge in [-0.1, -0.05) is 37.1 Å². The fourth-order valence-electron chi connectivity index (χ4n) is 4.32. The van der Waals surface area contributed by atoms with E-state index >= 15 is 0 Å². The van der Waals surface area contributed by atoms with Crippen LogP contribution in [0.3, 0.4) is 0 Å². The lowest BCUT2D eigenvalue weighted by molar-refractivity contribution is -0.131. The van der Waals surface area contributed by atoms with Gasteiger partial charge in [0.1, 0.15) is 18.1 Å². The van der Waals surface area contributed by atoms with Gasteiger partial charge in [0.05, 0.1) is 29.7 Å². The highest BCUT2D eigenvalue weighted by molar-refractivity contribution is 5.97. The zero-order valence-corrected chi connectivity index (χ0v) is 18.7. The Morgan fingerprint density at radius 2 is 1.72 bits per heavy atom. The summed E-state index contributed by atoms with van der Waals surface area (Å²) >= 11 is 0. The lowest BCUT2D eigenvalue weighted by atomic mass is 10.1. The number of para-hydroxylation sites is 3. The molecule has 1 fully saturated rings. The summed E-state index contributed by atoms with van der Waals surface area (Å²) in [6.45, 7) is 3.72. The van der Waals surface area contributed by atoms with Gasteiger partial charge in [-0.15, -0.1) is 0 Å². The first-order valence-electron chi connectivity index (χ1n) is 11.3. The van der Waals surface area contributed by atoms with Gasteiger partial charge in [0.25, 0.3) is 5.91 Å². The second kappa shape index (κ2) is 9.85. The molecule has 32 heavy (non-hydrogen) atoms. The van der Waals surface area contributed by atoms with Gasteiger partial charge in [0.2, 0.25) is 5.91 Å². The minimum Gasteiger partial charge on any atom is -0.496 e. The summed E-state index contributed by atoms with van der Waals surface area (Å²) in [6, 6.07) is 14.5. The minimum atomic E-state index is -0.392. The third-order valence-electron chi connectivity index (χ3n) is 6.02. The highest BCUT2D eigenvalue weighted by Crippen LogP contribution is 2.23. The molecule has 1 aromatic heterocycles. The molecule has 1 atom stereocenters. The number of aromatic nitrogens is 2. The van der Waals surface area contributed by atoms with Gasteiger partial charge in [-0.2, -0.15) is 0 Å². The van der Waals surface area contributed by atoms with E-state index in [0.29, 0.717) is 17.1 Å². The summed E-state index contributed by atoms with van der Waals surface area (Å²) in [5.41, 5.74) is 2.17. The number of nitrogens with zero attached hydrogens (tertiary/aromatic N) is 3. The van der Waals surface area contributed by atoms with Crippen LogP contribution in [0.5, 0.6) is 5.75 Å². The van der Waals surface area contributed by atoms with Crippen molar-refractivity contribution in [2.45, 2.75) is 45.2 Å². The zero-order chi connectivity index (χ0) is 22.5. The average Bonchev–Trinajstić information content (AvgIpc) is 2.98. The van der Waals surface area contributed by atoms with Gasteiger partial charge < -0.3 is 19.5 Å². The first kappa shape index (κ1) is 21.9.